The van der Waals surface area contributed by atoms with Crippen molar-refractivity contribution >= 4 is 23.1 Å². The van der Waals surface area contributed by atoms with E-state index in [1.165, 1.54) is 12.1 Å². The molecule has 0 saturated carbocycles. The number of fused-ring (bicyclic) bond motifs is 1. The summed E-state index contributed by atoms with van der Waals surface area (Å²) < 4.78 is 45.9. The molecule has 8 nitrogen and oxygen atoms in total. The highest BCUT2D eigenvalue weighted by molar-refractivity contribution is 6.30. The Hall–Kier alpha value is -2.92. The summed E-state index contributed by atoms with van der Waals surface area (Å²) in [7, 11) is 0. The fourth-order valence-corrected chi connectivity index (χ4v) is 4.20. The molecule has 4 heterocycles. The van der Waals surface area contributed by atoms with E-state index in [1.54, 1.807) is 6.07 Å². The Kier molecular flexibility index (Phi) is 5.38. The summed E-state index contributed by atoms with van der Waals surface area (Å²) in [6.07, 6.45) is -3.55. The van der Waals surface area contributed by atoms with Gasteiger partial charge in [-0.25, -0.2) is 0 Å². The molecule has 1 atom stereocenters. The number of hydrogen-bond donors (Lipinski definition) is 2. The van der Waals surface area contributed by atoms with Crippen LogP contribution in [0.3, 0.4) is 0 Å². The molecule has 168 valence electrons. The molecule has 1 saturated heterocycles. The van der Waals surface area contributed by atoms with E-state index in [1.807, 2.05) is 4.90 Å². The molecule has 2 N–H and O–H groups in total. The molecule has 2 aromatic heterocycles. The Morgan fingerprint density at radius 2 is 2.06 bits per heavy atom. The van der Waals surface area contributed by atoms with Crippen molar-refractivity contribution in [3.63, 3.8) is 0 Å². The maximum absolute atomic E-state index is 13.5. The van der Waals surface area contributed by atoms with E-state index in [9.17, 15) is 13.2 Å². The van der Waals surface area contributed by atoms with Crippen LogP contribution >= 0.6 is 11.6 Å². The molecular weight excluding hydrogens is 447 g/mol. The lowest BCUT2D eigenvalue weighted by atomic mass is 10.1. The van der Waals surface area contributed by atoms with Gasteiger partial charge in [0.1, 0.15) is 0 Å². The minimum Gasteiger partial charge on any atom is -0.365 e. The lowest BCUT2D eigenvalue weighted by molar-refractivity contribution is -0.138. The SMILES string of the molecule is FC(F)(F)c1ccc(Cl)cc1CN1CCNc2nnc(-c3nc(C4CCNC4)no3)cc21. The van der Waals surface area contributed by atoms with Crippen molar-refractivity contribution in [2.75, 3.05) is 36.4 Å². The first-order valence-corrected chi connectivity index (χ1v) is 10.5. The first-order valence-electron chi connectivity index (χ1n) is 10.2. The predicted molar refractivity (Wildman–Crippen MR) is 112 cm³/mol. The average Bonchev–Trinajstić information content (AvgIpc) is 3.45. The number of aromatic nitrogens is 4. The Labute approximate surface area is 186 Å². The van der Waals surface area contributed by atoms with Gasteiger partial charge in [0.05, 0.1) is 11.3 Å². The molecule has 32 heavy (non-hydrogen) atoms. The Morgan fingerprint density at radius 3 is 2.84 bits per heavy atom. The summed E-state index contributed by atoms with van der Waals surface area (Å²) in [5, 5.41) is 19.0. The minimum absolute atomic E-state index is 0.0119. The highest BCUT2D eigenvalue weighted by Crippen LogP contribution is 2.36. The van der Waals surface area contributed by atoms with Crippen LogP contribution in [0.5, 0.6) is 0 Å². The van der Waals surface area contributed by atoms with Gasteiger partial charge in [-0.3, -0.25) is 0 Å². The van der Waals surface area contributed by atoms with Crippen molar-refractivity contribution in [2.45, 2.75) is 25.1 Å². The maximum Gasteiger partial charge on any atom is 0.416 e. The number of hydrogen-bond acceptors (Lipinski definition) is 8. The highest BCUT2D eigenvalue weighted by atomic mass is 35.5. The second kappa shape index (κ2) is 8.21. The summed E-state index contributed by atoms with van der Waals surface area (Å²) in [4.78, 5) is 6.26. The second-order valence-electron chi connectivity index (χ2n) is 7.76. The summed E-state index contributed by atoms with van der Waals surface area (Å²) in [6.45, 7) is 2.69. The lowest BCUT2D eigenvalue weighted by Gasteiger charge is -2.31. The fraction of sp³-hybridized carbons (Fsp3) is 0.400. The van der Waals surface area contributed by atoms with Crippen LogP contribution in [-0.2, 0) is 12.7 Å². The molecule has 0 amide bonds. The molecule has 1 aromatic carbocycles. The Balaban J connectivity index is 1.46. The van der Waals surface area contributed by atoms with Crippen molar-refractivity contribution < 1.29 is 17.7 Å². The van der Waals surface area contributed by atoms with Crippen molar-refractivity contribution in [3.8, 4) is 11.6 Å². The first-order chi connectivity index (χ1) is 15.4. The highest BCUT2D eigenvalue weighted by Gasteiger charge is 2.34. The quantitative estimate of drug-likeness (QED) is 0.602. The third kappa shape index (κ3) is 4.09. The van der Waals surface area contributed by atoms with E-state index < -0.39 is 11.7 Å². The smallest absolute Gasteiger partial charge is 0.365 e. The van der Waals surface area contributed by atoms with E-state index in [2.05, 4.69) is 31.0 Å². The molecule has 2 aliphatic heterocycles. The fourth-order valence-electron chi connectivity index (χ4n) is 4.00. The van der Waals surface area contributed by atoms with E-state index >= 15 is 0 Å². The zero-order valence-corrected chi connectivity index (χ0v) is 17.5. The number of anilines is 2. The molecule has 1 fully saturated rings. The topological polar surface area (TPSA) is 92.0 Å². The van der Waals surface area contributed by atoms with E-state index in [0.717, 1.165) is 25.6 Å². The molecule has 0 spiro atoms. The van der Waals surface area contributed by atoms with Crippen LogP contribution in [0.2, 0.25) is 5.02 Å². The van der Waals surface area contributed by atoms with Gasteiger partial charge in [0.25, 0.3) is 5.89 Å². The van der Waals surface area contributed by atoms with Gasteiger partial charge in [-0.05, 0) is 42.8 Å². The van der Waals surface area contributed by atoms with Gasteiger partial charge in [0.2, 0.25) is 0 Å². The number of alkyl halides is 3. The zero-order valence-electron chi connectivity index (χ0n) is 16.8. The zero-order chi connectivity index (χ0) is 22.3. The predicted octanol–water partition coefficient (Wildman–Crippen LogP) is 3.71. The third-order valence-electron chi connectivity index (χ3n) is 5.61. The van der Waals surface area contributed by atoms with Crippen molar-refractivity contribution in [3.05, 3.63) is 46.2 Å². The van der Waals surface area contributed by atoms with Crippen LogP contribution in [0.15, 0.2) is 28.8 Å². The molecular formula is C20H19ClF3N7O. The van der Waals surface area contributed by atoms with Crippen LogP contribution in [0.25, 0.3) is 11.6 Å². The van der Waals surface area contributed by atoms with Gasteiger partial charge in [-0.2, -0.15) is 18.2 Å². The maximum atomic E-state index is 13.5. The van der Waals surface area contributed by atoms with E-state index in [4.69, 9.17) is 16.1 Å². The molecule has 0 radical (unpaired) electrons. The van der Waals surface area contributed by atoms with Crippen LogP contribution in [0.4, 0.5) is 24.7 Å². The van der Waals surface area contributed by atoms with E-state index in [-0.39, 0.29) is 28.9 Å². The lowest BCUT2D eigenvalue weighted by Crippen LogP contribution is -2.34. The van der Waals surface area contributed by atoms with Crippen LogP contribution in [0, 0.1) is 0 Å². The van der Waals surface area contributed by atoms with Crippen molar-refractivity contribution in [2.24, 2.45) is 0 Å². The number of nitrogens with one attached hydrogen (secondary N) is 2. The standard InChI is InChI=1S/C20H19ClF3N7O/c21-13-1-2-14(20(22,23)24)12(7-13)10-31-6-5-26-18-16(31)8-15(28-29-18)19-27-17(30-32-19)11-3-4-25-9-11/h1-2,7-8,11,25H,3-6,9-10H2,(H,26,29). The summed E-state index contributed by atoms with van der Waals surface area (Å²) in [5.74, 6) is 1.50. The average molecular weight is 466 g/mol. The van der Waals surface area contributed by atoms with Gasteiger partial charge in [-0.1, -0.05) is 16.8 Å². The third-order valence-corrected chi connectivity index (χ3v) is 5.84. The Bertz CT molecular complexity index is 1130. The van der Waals surface area contributed by atoms with Crippen molar-refractivity contribution in [1.82, 2.24) is 25.7 Å². The Morgan fingerprint density at radius 1 is 1.19 bits per heavy atom. The van der Waals surface area contributed by atoms with Gasteiger partial charge in [-0.15, -0.1) is 10.2 Å². The monoisotopic (exact) mass is 465 g/mol. The number of nitrogens with zero attached hydrogens (tertiary/aromatic N) is 5. The van der Waals surface area contributed by atoms with Gasteiger partial charge < -0.3 is 20.1 Å². The summed E-state index contributed by atoms with van der Waals surface area (Å²) in [6, 6.07) is 5.31. The number of rotatable bonds is 4. The normalized spacial score (nSPS) is 18.5. The summed E-state index contributed by atoms with van der Waals surface area (Å²) in [5.41, 5.74) is 0.349. The largest absolute Gasteiger partial charge is 0.416 e. The second-order valence-corrected chi connectivity index (χ2v) is 8.19. The molecule has 2 aliphatic rings. The first kappa shape index (κ1) is 21.0. The molecule has 3 aromatic rings. The summed E-state index contributed by atoms with van der Waals surface area (Å²) >= 11 is 5.99. The number of benzene rings is 1. The van der Waals surface area contributed by atoms with Gasteiger partial charge in [0, 0.05) is 37.1 Å². The molecule has 1 unspecified atom stereocenters. The van der Waals surface area contributed by atoms with E-state index in [0.29, 0.717) is 36.1 Å². The minimum atomic E-state index is -4.48. The van der Waals surface area contributed by atoms with Crippen LogP contribution in [0.1, 0.15) is 29.3 Å². The molecule has 0 bridgehead atoms. The van der Waals surface area contributed by atoms with Crippen molar-refractivity contribution in [1.29, 1.82) is 0 Å². The molecule has 5 rings (SSSR count). The van der Waals surface area contributed by atoms with Crippen LogP contribution < -0.4 is 15.5 Å². The van der Waals surface area contributed by atoms with Gasteiger partial charge in [0.15, 0.2) is 17.3 Å². The molecule has 0 aliphatic carbocycles. The van der Waals surface area contributed by atoms with Gasteiger partial charge >= 0.3 is 6.18 Å². The molecule has 12 heteroatoms. The number of halogens is 4. The van der Waals surface area contributed by atoms with Crippen LogP contribution in [-0.4, -0.2) is 46.5 Å².